The number of hydrogen-bond acceptors (Lipinski definition) is 7. The molecule has 0 aromatic heterocycles. The molecule has 0 aromatic carbocycles. The third-order valence-electron chi connectivity index (χ3n) is 9.52. The Morgan fingerprint density at radius 2 is 1.59 bits per heavy atom. The van der Waals surface area contributed by atoms with E-state index in [1.54, 1.807) is 27.7 Å². The monoisotopic (exact) mass is 412 g/mol. The van der Waals surface area contributed by atoms with Crippen LogP contribution < -0.4 is 0 Å². The molecule has 0 amide bonds. The van der Waals surface area contributed by atoms with Gasteiger partial charge in [-0.05, 0) is 51.9 Å². The van der Waals surface area contributed by atoms with Crippen molar-refractivity contribution in [1.29, 1.82) is 0 Å². The zero-order chi connectivity index (χ0) is 21.8. The summed E-state index contributed by atoms with van der Waals surface area (Å²) in [5.41, 5.74) is -6.08. The number of carbonyl (C=O) groups excluding carboxylic acids is 1. The normalized spacial score (nSPS) is 58.3. The number of fused-ring (bicyclic) bond motifs is 2. The number of ether oxygens (including phenoxy) is 1. The number of aliphatic hydroxyl groups excluding tert-OH is 2. The quantitative estimate of drug-likeness (QED) is 0.402. The average molecular weight is 413 g/mol. The summed E-state index contributed by atoms with van der Waals surface area (Å²) in [5.74, 6) is -1.86. The van der Waals surface area contributed by atoms with E-state index in [1.165, 1.54) is 6.92 Å². The number of esters is 1. The van der Waals surface area contributed by atoms with E-state index in [1.807, 2.05) is 0 Å². The lowest BCUT2D eigenvalue weighted by molar-refractivity contribution is -0.202. The summed E-state index contributed by atoms with van der Waals surface area (Å²) in [6.07, 6.45) is -0.985. The summed E-state index contributed by atoms with van der Waals surface area (Å²) in [6.45, 7) is 8.20. The summed E-state index contributed by atoms with van der Waals surface area (Å²) >= 11 is 0. The van der Waals surface area contributed by atoms with Crippen molar-refractivity contribution >= 4 is 5.97 Å². The molecule has 4 saturated carbocycles. The maximum absolute atomic E-state index is 11.9. The first-order valence-electron chi connectivity index (χ1n) is 10.8. The minimum Gasteiger partial charge on any atom is -0.462 e. The largest absolute Gasteiger partial charge is 0.462 e. The van der Waals surface area contributed by atoms with E-state index in [2.05, 4.69) is 0 Å². The molecule has 1 spiro atoms. The van der Waals surface area contributed by atoms with Gasteiger partial charge in [0.1, 0.15) is 11.7 Å². The molecule has 10 atom stereocenters. The Bertz CT molecular complexity index is 716. The number of rotatable bonds is 1. The Morgan fingerprint density at radius 1 is 0.966 bits per heavy atom. The maximum atomic E-state index is 11.9. The molecule has 7 nitrogen and oxygen atoms in total. The summed E-state index contributed by atoms with van der Waals surface area (Å²) in [4.78, 5) is 11.9. The van der Waals surface area contributed by atoms with Crippen LogP contribution in [0.15, 0.2) is 0 Å². The molecular weight excluding hydrogens is 376 g/mol. The minimum atomic E-state index is -1.70. The third kappa shape index (κ3) is 2.45. The summed E-state index contributed by atoms with van der Waals surface area (Å²) in [5, 5.41) is 57.0. The molecule has 0 aliphatic heterocycles. The highest BCUT2D eigenvalue weighted by Gasteiger charge is 2.77. The van der Waals surface area contributed by atoms with Gasteiger partial charge in [-0.25, -0.2) is 0 Å². The topological polar surface area (TPSA) is 127 Å². The summed E-state index contributed by atoms with van der Waals surface area (Å²) in [7, 11) is 0. The van der Waals surface area contributed by atoms with Crippen LogP contribution in [0.2, 0.25) is 0 Å². The lowest BCUT2D eigenvalue weighted by atomic mass is 9.57. The number of aliphatic hydroxyl groups is 5. The van der Waals surface area contributed by atoms with E-state index in [-0.39, 0.29) is 31.1 Å². The van der Waals surface area contributed by atoms with Gasteiger partial charge in [-0.15, -0.1) is 0 Å². The zero-order valence-corrected chi connectivity index (χ0v) is 18.1. The van der Waals surface area contributed by atoms with Crippen molar-refractivity contribution in [3.05, 3.63) is 0 Å². The smallest absolute Gasteiger partial charge is 0.302 e. The van der Waals surface area contributed by atoms with Crippen LogP contribution in [-0.2, 0) is 9.53 Å². The molecule has 0 saturated heterocycles. The second kappa shape index (κ2) is 5.94. The molecule has 4 aliphatic carbocycles. The summed E-state index contributed by atoms with van der Waals surface area (Å²) in [6, 6.07) is 0. The highest BCUT2D eigenvalue weighted by molar-refractivity contribution is 5.66. The van der Waals surface area contributed by atoms with Crippen molar-refractivity contribution in [1.82, 2.24) is 0 Å². The van der Waals surface area contributed by atoms with Crippen LogP contribution in [0.25, 0.3) is 0 Å². The predicted octanol–water partition coefficient (Wildman–Crippen LogP) is 0.739. The van der Waals surface area contributed by atoms with Crippen molar-refractivity contribution in [2.24, 2.45) is 28.6 Å². The lowest BCUT2D eigenvalue weighted by Crippen LogP contribution is -2.60. The first-order valence-corrected chi connectivity index (χ1v) is 10.8. The Labute approximate surface area is 172 Å². The van der Waals surface area contributed by atoms with E-state index in [9.17, 15) is 30.3 Å². The number of hydrogen-bond donors (Lipinski definition) is 5. The minimum absolute atomic E-state index is 0.0988. The van der Waals surface area contributed by atoms with Gasteiger partial charge in [0.2, 0.25) is 0 Å². The number of carbonyl (C=O) groups is 1. The van der Waals surface area contributed by atoms with Gasteiger partial charge in [0.15, 0.2) is 0 Å². The van der Waals surface area contributed by atoms with Crippen LogP contribution >= 0.6 is 0 Å². The molecule has 4 rings (SSSR count). The second-order valence-electron chi connectivity index (χ2n) is 11.3. The van der Waals surface area contributed by atoms with Crippen molar-refractivity contribution in [2.45, 2.75) is 102 Å². The predicted molar refractivity (Wildman–Crippen MR) is 104 cm³/mol. The van der Waals surface area contributed by atoms with Crippen molar-refractivity contribution in [2.75, 3.05) is 0 Å². The van der Waals surface area contributed by atoms with E-state index in [4.69, 9.17) is 4.74 Å². The first kappa shape index (κ1) is 21.5. The zero-order valence-electron chi connectivity index (χ0n) is 18.1. The molecular formula is C22H36O7. The second-order valence-corrected chi connectivity index (χ2v) is 11.3. The van der Waals surface area contributed by atoms with Crippen LogP contribution in [0.4, 0.5) is 0 Å². The fraction of sp³-hybridized carbons (Fsp3) is 0.955. The van der Waals surface area contributed by atoms with Gasteiger partial charge in [-0.1, -0.05) is 13.8 Å². The van der Waals surface area contributed by atoms with Crippen LogP contribution in [0, 0.1) is 28.6 Å². The molecule has 0 aromatic rings. The van der Waals surface area contributed by atoms with E-state index in [0.717, 1.165) is 0 Å². The van der Waals surface area contributed by atoms with Gasteiger partial charge < -0.3 is 30.3 Å². The van der Waals surface area contributed by atoms with Gasteiger partial charge in [0.05, 0.1) is 23.4 Å². The molecule has 29 heavy (non-hydrogen) atoms. The Hall–Kier alpha value is -0.730. The molecule has 5 N–H and O–H groups in total. The van der Waals surface area contributed by atoms with E-state index >= 15 is 0 Å². The van der Waals surface area contributed by atoms with Crippen LogP contribution in [0.1, 0.15) is 66.7 Å². The molecule has 7 heteroatoms. The Morgan fingerprint density at radius 3 is 2.17 bits per heavy atom. The molecule has 2 unspecified atom stereocenters. The molecule has 166 valence electrons. The van der Waals surface area contributed by atoms with Crippen molar-refractivity contribution in [3.63, 3.8) is 0 Å². The van der Waals surface area contributed by atoms with E-state index < -0.39 is 57.8 Å². The Kier molecular flexibility index (Phi) is 4.41. The average Bonchev–Trinajstić information content (AvgIpc) is 2.80. The lowest BCUT2D eigenvalue weighted by Gasteiger charge is -2.51. The van der Waals surface area contributed by atoms with Gasteiger partial charge >= 0.3 is 5.97 Å². The standard InChI is InChI=1S/C22H36O7/c1-11(23)29-17-12-6-7-13-20(5,27)14-8-15(24)18(2,3)22(14,28)16(25)9-21(13,17)10-19(12,4)26/h12-17,24-28H,6-10H2,1-5H3/t12?,13-,14-,15-,16+,17+,19+,20+,21?,22-/m0/s1. The van der Waals surface area contributed by atoms with Crippen LogP contribution in [-0.4, -0.2) is 66.6 Å². The molecule has 2 bridgehead atoms. The van der Waals surface area contributed by atoms with E-state index in [0.29, 0.717) is 12.8 Å². The van der Waals surface area contributed by atoms with Gasteiger partial charge in [-0.2, -0.15) is 0 Å². The summed E-state index contributed by atoms with van der Waals surface area (Å²) < 4.78 is 5.75. The van der Waals surface area contributed by atoms with Gasteiger partial charge in [0, 0.05) is 29.6 Å². The van der Waals surface area contributed by atoms with Gasteiger partial charge in [0.25, 0.3) is 0 Å². The molecule has 0 heterocycles. The SMILES string of the molecule is CC(=O)O[C@@H]1C2CC[C@@H]3C1(C[C@@H](O)[C@@]1(O)[C@@H](C[C@H](O)C1(C)C)[C@]3(C)O)C[C@@]2(C)O. The van der Waals surface area contributed by atoms with Crippen molar-refractivity contribution in [3.8, 4) is 0 Å². The maximum Gasteiger partial charge on any atom is 0.302 e. The van der Waals surface area contributed by atoms with Crippen molar-refractivity contribution < 1.29 is 35.1 Å². The molecule has 0 radical (unpaired) electrons. The van der Waals surface area contributed by atoms with Crippen LogP contribution in [0.5, 0.6) is 0 Å². The Balaban J connectivity index is 1.90. The van der Waals surface area contributed by atoms with Crippen LogP contribution in [0.3, 0.4) is 0 Å². The first-order chi connectivity index (χ1) is 13.1. The third-order valence-corrected chi connectivity index (χ3v) is 9.52. The fourth-order valence-corrected chi connectivity index (χ4v) is 8.14. The highest BCUT2D eigenvalue weighted by Crippen LogP contribution is 2.70. The highest BCUT2D eigenvalue weighted by atomic mass is 16.5. The van der Waals surface area contributed by atoms with Gasteiger partial charge in [-0.3, -0.25) is 4.79 Å². The molecule has 4 fully saturated rings. The molecule has 4 aliphatic rings. The fourth-order valence-electron chi connectivity index (χ4n) is 8.14.